The first-order chi connectivity index (χ1) is 11.9. The van der Waals surface area contributed by atoms with Crippen molar-refractivity contribution in [1.29, 1.82) is 0 Å². The molecule has 0 saturated heterocycles. The van der Waals surface area contributed by atoms with Crippen molar-refractivity contribution in [3.05, 3.63) is 35.5 Å². The standard InChI is InChI=1S/C20H24N4O/c1-4-18(25)21-13-6-5-12-9-16(22-15(12)10-13)19-14-7-8-20(2,3)11-17(14)23-24-19/h5-6,9-10,22H,4,7-8,11H2,1-3H3,(H,21,25)(H,23,24). The summed E-state index contributed by atoms with van der Waals surface area (Å²) < 4.78 is 0. The Hall–Kier alpha value is -2.56. The van der Waals surface area contributed by atoms with E-state index >= 15 is 0 Å². The van der Waals surface area contributed by atoms with Gasteiger partial charge in [0.25, 0.3) is 0 Å². The van der Waals surface area contributed by atoms with E-state index < -0.39 is 0 Å². The lowest BCUT2D eigenvalue weighted by Crippen LogP contribution is -2.21. The number of amides is 1. The van der Waals surface area contributed by atoms with Gasteiger partial charge in [-0.3, -0.25) is 9.89 Å². The topological polar surface area (TPSA) is 73.6 Å². The zero-order chi connectivity index (χ0) is 17.6. The molecule has 2 heterocycles. The molecule has 0 radical (unpaired) electrons. The minimum atomic E-state index is 0.0233. The molecule has 5 heteroatoms. The van der Waals surface area contributed by atoms with Crippen molar-refractivity contribution in [2.24, 2.45) is 5.41 Å². The maximum Gasteiger partial charge on any atom is 0.224 e. The summed E-state index contributed by atoms with van der Waals surface area (Å²) >= 11 is 0. The van der Waals surface area contributed by atoms with Crippen LogP contribution in [-0.2, 0) is 17.6 Å². The van der Waals surface area contributed by atoms with E-state index in [1.54, 1.807) is 0 Å². The fourth-order valence-corrected chi connectivity index (χ4v) is 3.65. The number of carbonyl (C=O) groups is 1. The largest absolute Gasteiger partial charge is 0.353 e. The van der Waals surface area contributed by atoms with E-state index in [0.29, 0.717) is 11.8 Å². The molecule has 1 aliphatic carbocycles. The van der Waals surface area contributed by atoms with Gasteiger partial charge in [0.2, 0.25) is 5.91 Å². The number of H-pyrrole nitrogens is 2. The molecule has 130 valence electrons. The van der Waals surface area contributed by atoms with E-state index in [1.165, 1.54) is 17.7 Å². The van der Waals surface area contributed by atoms with Crippen LogP contribution < -0.4 is 5.32 Å². The lowest BCUT2D eigenvalue weighted by atomic mass is 9.76. The molecular formula is C20H24N4O. The lowest BCUT2D eigenvalue weighted by molar-refractivity contribution is -0.115. The second-order valence-electron chi connectivity index (χ2n) is 7.76. The summed E-state index contributed by atoms with van der Waals surface area (Å²) in [6.07, 6.45) is 3.76. The molecule has 25 heavy (non-hydrogen) atoms. The van der Waals surface area contributed by atoms with Crippen LogP contribution in [0, 0.1) is 5.41 Å². The van der Waals surface area contributed by atoms with E-state index in [1.807, 2.05) is 25.1 Å². The maximum atomic E-state index is 11.6. The Labute approximate surface area is 147 Å². The third-order valence-electron chi connectivity index (χ3n) is 5.14. The van der Waals surface area contributed by atoms with Crippen LogP contribution in [0.25, 0.3) is 22.3 Å². The first kappa shape index (κ1) is 15.9. The van der Waals surface area contributed by atoms with Gasteiger partial charge in [-0.2, -0.15) is 5.10 Å². The maximum absolute atomic E-state index is 11.6. The highest BCUT2D eigenvalue weighted by atomic mass is 16.1. The Balaban J connectivity index is 1.69. The molecule has 1 amide bonds. The van der Waals surface area contributed by atoms with Gasteiger partial charge < -0.3 is 10.3 Å². The van der Waals surface area contributed by atoms with Crippen LogP contribution in [0.5, 0.6) is 0 Å². The van der Waals surface area contributed by atoms with Crippen molar-refractivity contribution in [1.82, 2.24) is 15.2 Å². The van der Waals surface area contributed by atoms with Gasteiger partial charge in [0, 0.05) is 34.3 Å². The van der Waals surface area contributed by atoms with Gasteiger partial charge in [0.1, 0.15) is 5.69 Å². The predicted molar refractivity (Wildman–Crippen MR) is 101 cm³/mol. The van der Waals surface area contributed by atoms with Crippen LogP contribution in [0.4, 0.5) is 5.69 Å². The van der Waals surface area contributed by atoms with E-state index in [-0.39, 0.29) is 5.91 Å². The fraction of sp³-hybridized carbons (Fsp3) is 0.400. The van der Waals surface area contributed by atoms with Crippen molar-refractivity contribution in [2.75, 3.05) is 5.32 Å². The molecule has 4 rings (SSSR count). The molecule has 0 saturated carbocycles. The first-order valence-corrected chi connectivity index (χ1v) is 8.94. The van der Waals surface area contributed by atoms with E-state index in [9.17, 15) is 4.79 Å². The molecule has 0 fully saturated rings. The minimum Gasteiger partial charge on any atom is -0.353 e. The van der Waals surface area contributed by atoms with Crippen LogP contribution in [0.1, 0.15) is 44.9 Å². The number of anilines is 1. The molecule has 0 unspecified atom stereocenters. The van der Waals surface area contributed by atoms with Gasteiger partial charge in [-0.25, -0.2) is 0 Å². The second kappa shape index (κ2) is 5.76. The Morgan fingerprint density at radius 2 is 2.16 bits per heavy atom. The third-order valence-corrected chi connectivity index (χ3v) is 5.14. The number of hydrogen-bond donors (Lipinski definition) is 3. The van der Waals surface area contributed by atoms with Crippen molar-refractivity contribution in [3.63, 3.8) is 0 Å². The zero-order valence-electron chi connectivity index (χ0n) is 15.0. The normalized spacial score (nSPS) is 16.0. The number of rotatable bonds is 3. The molecule has 1 aromatic carbocycles. The molecule has 3 aromatic rings. The van der Waals surface area contributed by atoms with Gasteiger partial charge in [-0.15, -0.1) is 0 Å². The van der Waals surface area contributed by atoms with Crippen molar-refractivity contribution in [2.45, 2.75) is 46.5 Å². The average Bonchev–Trinajstić information content (AvgIpc) is 3.16. The number of nitrogens with zero attached hydrogens (tertiary/aromatic N) is 1. The second-order valence-corrected chi connectivity index (χ2v) is 7.76. The summed E-state index contributed by atoms with van der Waals surface area (Å²) in [6.45, 7) is 6.47. The Kier molecular flexibility index (Phi) is 3.67. The summed E-state index contributed by atoms with van der Waals surface area (Å²) in [5, 5.41) is 11.9. The van der Waals surface area contributed by atoms with E-state index in [0.717, 1.165) is 40.8 Å². The highest BCUT2D eigenvalue weighted by Gasteiger charge is 2.29. The SMILES string of the molecule is CCC(=O)Nc1ccc2cc(-c3n[nH]c4c3CCC(C)(C)C4)[nH]c2c1. The summed E-state index contributed by atoms with van der Waals surface area (Å²) in [5.41, 5.74) is 6.83. The fourth-order valence-electron chi connectivity index (χ4n) is 3.65. The number of nitrogens with one attached hydrogen (secondary N) is 3. The number of aromatic nitrogens is 3. The van der Waals surface area contributed by atoms with Gasteiger partial charge in [0.15, 0.2) is 0 Å². The van der Waals surface area contributed by atoms with Crippen LogP contribution in [0.15, 0.2) is 24.3 Å². The summed E-state index contributed by atoms with van der Waals surface area (Å²) in [5.74, 6) is 0.0233. The number of carbonyl (C=O) groups excluding carboxylic acids is 1. The monoisotopic (exact) mass is 336 g/mol. The van der Waals surface area contributed by atoms with Crippen LogP contribution >= 0.6 is 0 Å². The van der Waals surface area contributed by atoms with Crippen LogP contribution in [0.3, 0.4) is 0 Å². The Morgan fingerprint density at radius 3 is 2.96 bits per heavy atom. The summed E-state index contributed by atoms with van der Waals surface area (Å²) in [4.78, 5) is 15.1. The van der Waals surface area contributed by atoms with Gasteiger partial charge in [-0.1, -0.05) is 26.8 Å². The highest BCUT2D eigenvalue weighted by Crippen LogP contribution is 2.38. The Bertz CT molecular complexity index is 948. The third kappa shape index (κ3) is 2.95. The summed E-state index contributed by atoms with van der Waals surface area (Å²) in [7, 11) is 0. The number of hydrogen-bond acceptors (Lipinski definition) is 2. The number of aromatic amines is 2. The van der Waals surface area contributed by atoms with Crippen molar-refractivity contribution >= 4 is 22.5 Å². The number of fused-ring (bicyclic) bond motifs is 2. The quantitative estimate of drug-likeness (QED) is 0.662. The minimum absolute atomic E-state index is 0.0233. The zero-order valence-corrected chi connectivity index (χ0v) is 15.0. The van der Waals surface area contributed by atoms with Gasteiger partial charge in [-0.05, 0) is 42.9 Å². The smallest absolute Gasteiger partial charge is 0.224 e. The molecule has 0 atom stereocenters. The van der Waals surface area contributed by atoms with E-state index in [2.05, 4.69) is 40.4 Å². The van der Waals surface area contributed by atoms with Gasteiger partial charge in [0.05, 0.1) is 5.69 Å². The molecule has 5 nitrogen and oxygen atoms in total. The molecule has 0 spiro atoms. The van der Waals surface area contributed by atoms with E-state index in [4.69, 9.17) is 0 Å². The van der Waals surface area contributed by atoms with Crippen molar-refractivity contribution < 1.29 is 4.79 Å². The molecule has 1 aliphatic rings. The predicted octanol–water partition coefficient (Wildman–Crippen LogP) is 4.42. The molecule has 3 N–H and O–H groups in total. The number of benzene rings is 1. The summed E-state index contributed by atoms with van der Waals surface area (Å²) in [6, 6.07) is 8.09. The Morgan fingerprint density at radius 1 is 1.32 bits per heavy atom. The molecular weight excluding hydrogens is 312 g/mol. The van der Waals surface area contributed by atoms with Gasteiger partial charge >= 0.3 is 0 Å². The molecule has 0 aliphatic heterocycles. The first-order valence-electron chi connectivity index (χ1n) is 8.94. The lowest BCUT2D eigenvalue weighted by Gasteiger charge is -2.28. The highest BCUT2D eigenvalue weighted by molar-refractivity contribution is 5.94. The molecule has 2 aromatic heterocycles. The van der Waals surface area contributed by atoms with Crippen LogP contribution in [-0.4, -0.2) is 21.1 Å². The average molecular weight is 336 g/mol. The van der Waals surface area contributed by atoms with Crippen molar-refractivity contribution in [3.8, 4) is 11.4 Å². The molecule has 0 bridgehead atoms. The van der Waals surface area contributed by atoms with Crippen LogP contribution in [0.2, 0.25) is 0 Å².